The molecule has 0 aliphatic heterocycles. The summed E-state index contributed by atoms with van der Waals surface area (Å²) in [4.78, 5) is 0. The Bertz CT molecular complexity index is 544. The van der Waals surface area contributed by atoms with Gasteiger partial charge in [0.15, 0.2) is 0 Å². The van der Waals surface area contributed by atoms with E-state index in [2.05, 4.69) is 0 Å². The molecule has 0 atom stereocenters. The first-order chi connectivity index (χ1) is 8.97. The summed E-state index contributed by atoms with van der Waals surface area (Å²) in [6.07, 6.45) is 0. The van der Waals surface area contributed by atoms with Gasteiger partial charge in [-0.05, 0) is 31.5 Å². The van der Waals surface area contributed by atoms with E-state index in [0.29, 0.717) is 17.9 Å². The molecule has 0 aliphatic carbocycles. The summed E-state index contributed by atoms with van der Waals surface area (Å²) in [7, 11) is 0. The minimum Gasteiger partial charge on any atom is -0.507 e. The van der Waals surface area contributed by atoms with E-state index in [1.807, 2.05) is 50.2 Å². The monoisotopic (exact) mass is 257 g/mol. The van der Waals surface area contributed by atoms with E-state index < -0.39 is 5.54 Å². The number of rotatable bonds is 4. The van der Waals surface area contributed by atoms with E-state index in [4.69, 9.17) is 10.5 Å². The van der Waals surface area contributed by atoms with Crippen molar-refractivity contribution in [3.8, 4) is 11.5 Å². The number of benzene rings is 2. The number of hydrogen-bond acceptors (Lipinski definition) is 3. The first-order valence-corrected chi connectivity index (χ1v) is 6.26. The average Bonchev–Trinajstić information content (AvgIpc) is 2.36. The van der Waals surface area contributed by atoms with Crippen LogP contribution in [0.2, 0.25) is 0 Å². The molecule has 0 fully saturated rings. The quantitative estimate of drug-likeness (QED) is 0.884. The van der Waals surface area contributed by atoms with Gasteiger partial charge in [-0.25, -0.2) is 0 Å². The smallest absolute Gasteiger partial charge is 0.124 e. The van der Waals surface area contributed by atoms with Gasteiger partial charge in [0.2, 0.25) is 0 Å². The Kier molecular flexibility index (Phi) is 3.76. The standard InChI is InChI=1S/C16H19NO2/c1-16(2,17)14-9-8-13(10-15(14)18)19-11-12-6-4-3-5-7-12/h3-10,18H,11,17H2,1-2H3. The second-order valence-corrected chi connectivity index (χ2v) is 5.17. The summed E-state index contributed by atoms with van der Waals surface area (Å²) < 4.78 is 5.64. The fourth-order valence-electron chi connectivity index (χ4n) is 1.89. The minimum absolute atomic E-state index is 0.165. The number of ether oxygens (including phenoxy) is 1. The van der Waals surface area contributed by atoms with Gasteiger partial charge in [-0.15, -0.1) is 0 Å². The van der Waals surface area contributed by atoms with Gasteiger partial charge in [0, 0.05) is 17.2 Å². The Morgan fingerprint density at radius 2 is 1.79 bits per heavy atom. The summed E-state index contributed by atoms with van der Waals surface area (Å²) >= 11 is 0. The Balaban J connectivity index is 2.09. The molecular formula is C16H19NO2. The van der Waals surface area contributed by atoms with E-state index in [-0.39, 0.29) is 5.75 Å². The summed E-state index contributed by atoms with van der Waals surface area (Å²) in [5.74, 6) is 0.799. The van der Waals surface area contributed by atoms with Crippen molar-refractivity contribution in [2.45, 2.75) is 26.0 Å². The summed E-state index contributed by atoms with van der Waals surface area (Å²) in [6.45, 7) is 4.19. The van der Waals surface area contributed by atoms with Crippen molar-refractivity contribution < 1.29 is 9.84 Å². The zero-order valence-electron chi connectivity index (χ0n) is 11.3. The first-order valence-electron chi connectivity index (χ1n) is 6.26. The molecule has 0 saturated heterocycles. The molecule has 19 heavy (non-hydrogen) atoms. The van der Waals surface area contributed by atoms with Crippen molar-refractivity contribution in [2.24, 2.45) is 5.73 Å². The van der Waals surface area contributed by atoms with Crippen molar-refractivity contribution in [2.75, 3.05) is 0 Å². The van der Waals surface area contributed by atoms with Gasteiger partial charge in [0.25, 0.3) is 0 Å². The van der Waals surface area contributed by atoms with Crippen LogP contribution in [0.15, 0.2) is 48.5 Å². The molecule has 2 rings (SSSR count). The van der Waals surface area contributed by atoms with Crippen LogP contribution >= 0.6 is 0 Å². The Hall–Kier alpha value is -2.00. The van der Waals surface area contributed by atoms with Crippen molar-refractivity contribution in [3.63, 3.8) is 0 Å². The lowest BCUT2D eigenvalue weighted by molar-refractivity contribution is 0.303. The predicted molar refractivity (Wildman–Crippen MR) is 76.1 cm³/mol. The fraction of sp³-hybridized carbons (Fsp3) is 0.250. The number of aromatic hydroxyl groups is 1. The maximum atomic E-state index is 9.96. The zero-order valence-corrected chi connectivity index (χ0v) is 11.3. The second kappa shape index (κ2) is 5.33. The number of hydrogen-bond donors (Lipinski definition) is 2. The number of phenolic OH excluding ortho intramolecular Hbond substituents is 1. The molecule has 3 N–H and O–H groups in total. The maximum Gasteiger partial charge on any atom is 0.124 e. The molecule has 0 amide bonds. The molecule has 0 aromatic heterocycles. The lowest BCUT2D eigenvalue weighted by atomic mass is 9.95. The Morgan fingerprint density at radius 3 is 2.37 bits per heavy atom. The van der Waals surface area contributed by atoms with Crippen molar-refractivity contribution in [3.05, 3.63) is 59.7 Å². The van der Waals surface area contributed by atoms with Crippen LogP contribution in [-0.4, -0.2) is 5.11 Å². The van der Waals surface area contributed by atoms with Crippen LogP contribution in [0.25, 0.3) is 0 Å². The minimum atomic E-state index is -0.567. The highest BCUT2D eigenvalue weighted by Gasteiger charge is 2.18. The lowest BCUT2D eigenvalue weighted by Gasteiger charge is -2.20. The molecule has 0 spiro atoms. The number of nitrogens with two attached hydrogens (primary N) is 1. The van der Waals surface area contributed by atoms with Gasteiger partial charge in [-0.3, -0.25) is 0 Å². The van der Waals surface area contributed by atoms with Crippen LogP contribution in [0.1, 0.15) is 25.0 Å². The molecular weight excluding hydrogens is 238 g/mol. The van der Waals surface area contributed by atoms with Gasteiger partial charge in [0.1, 0.15) is 18.1 Å². The third-order valence-electron chi connectivity index (χ3n) is 2.91. The van der Waals surface area contributed by atoms with E-state index in [1.54, 1.807) is 12.1 Å². The zero-order chi connectivity index (χ0) is 13.9. The maximum absolute atomic E-state index is 9.96. The Labute approximate surface area is 113 Å². The molecule has 0 bridgehead atoms. The van der Waals surface area contributed by atoms with Gasteiger partial charge in [-0.1, -0.05) is 30.3 Å². The lowest BCUT2D eigenvalue weighted by Crippen LogP contribution is -2.28. The predicted octanol–water partition coefficient (Wildman–Crippen LogP) is 3.17. The molecule has 0 aliphatic rings. The molecule has 0 radical (unpaired) electrons. The van der Waals surface area contributed by atoms with E-state index in [1.165, 1.54) is 0 Å². The van der Waals surface area contributed by atoms with Crippen LogP contribution in [0.3, 0.4) is 0 Å². The third kappa shape index (κ3) is 3.48. The largest absolute Gasteiger partial charge is 0.507 e. The molecule has 100 valence electrons. The highest BCUT2D eigenvalue weighted by atomic mass is 16.5. The van der Waals surface area contributed by atoms with Gasteiger partial charge in [-0.2, -0.15) is 0 Å². The van der Waals surface area contributed by atoms with Crippen LogP contribution in [0, 0.1) is 0 Å². The van der Waals surface area contributed by atoms with E-state index in [0.717, 1.165) is 5.56 Å². The topological polar surface area (TPSA) is 55.5 Å². The number of phenols is 1. The molecule has 3 nitrogen and oxygen atoms in total. The molecule has 0 unspecified atom stereocenters. The highest BCUT2D eigenvalue weighted by molar-refractivity contribution is 5.43. The third-order valence-corrected chi connectivity index (χ3v) is 2.91. The highest BCUT2D eigenvalue weighted by Crippen LogP contribution is 2.30. The fourth-order valence-corrected chi connectivity index (χ4v) is 1.89. The SMILES string of the molecule is CC(C)(N)c1ccc(OCc2ccccc2)cc1O. The molecule has 2 aromatic rings. The molecule has 0 heterocycles. The Morgan fingerprint density at radius 1 is 1.11 bits per heavy atom. The summed E-state index contributed by atoms with van der Waals surface area (Å²) in [6, 6.07) is 15.1. The molecule has 2 aromatic carbocycles. The van der Waals surface area contributed by atoms with Crippen molar-refractivity contribution >= 4 is 0 Å². The summed E-state index contributed by atoms with van der Waals surface area (Å²) in [5, 5.41) is 9.96. The van der Waals surface area contributed by atoms with Gasteiger partial charge in [0.05, 0.1) is 0 Å². The van der Waals surface area contributed by atoms with Crippen LogP contribution in [0.4, 0.5) is 0 Å². The van der Waals surface area contributed by atoms with Crippen LogP contribution < -0.4 is 10.5 Å². The molecule has 3 heteroatoms. The van der Waals surface area contributed by atoms with Gasteiger partial charge < -0.3 is 15.6 Å². The van der Waals surface area contributed by atoms with Crippen LogP contribution in [0.5, 0.6) is 11.5 Å². The van der Waals surface area contributed by atoms with Crippen molar-refractivity contribution in [1.82, 2.24) is 0 Å². The summed E-state index contributed by atoms with van der Waals surface area (Å²) in [5.41, 5.74) is 7.20. The average molecular weight is 257 g/mol. The molecule has 0 saturated carbocycles. The van der Waals surface area contributed by atoms with Gasteiger partial charge >= 0.3 is 0 Å². The second-order valence-electron chi connectivity index (χ2n) is 5.17. The van der Waals surface area contributed by atoms with E-state index >= 15 is 0 Å². The van der Waals surface area contributed by atoms with Crippen LogP contribution in [-0.2, 0) is 12.1 Å². The van der Waals surface area contributed by atoms with Crippen molar-refractivity contribution in [1.29, 1.82) is 0 Å². The normalized spacial score (nSPS) is 11.3. The first kappa shape index (κ1) is 13.4. The van der Waals surface area contributed by atoms with E-state index in [9.17, 15) is 5.11 Å².